The molecule has 0 amide bonds. The number of carboxylic acids is 1. The summed E-state index contributed by atoms with van der Waals surface area (Å²) in [5.41, 5.74) is 1.05. The van der Waals surface area contributed by atoms with E-state index in [-0.39, 0.29) is 12.5 Å². The molecular formula is C11H16N2O3S. The Labute approximate surface area is 104 Å². The van der Waals surface area contributed by atoms with Crippen molar-refractivity contribution in [3.63, 3.8) is 0 Å². The maximum atomic E-state index is 10.7. The summed E-state index contributed by atoms with van der Waals surface area (Å²) in [5.74, 6) is -0.816. The van der Waals surface area contributed by atoms with Crippen molar-refractivity contribution >= 4 is 22.4 Å². The first-order chi connectivity index (χ1) is 8.06. The van der Waals surface area contributed by atoms with Gasteiger partial charge in [-0.1, -0.05) is 0 Å². The molecular weight excluding hydrogens is 240 g/mol. The minimum Gasteiger partial charge on any atom is -0.481 e. The molecule has 6 heteroatoms. The third-order valence-electron chi connectivity index (χ3n) is 2.83. The molecule has 1 saturated heterocycles. The summed E-state index contributed by atoms with van der Waals surface area (Å²) >= 11 is 1.65. The number of carbonyl (C=O) groups is 1. The lowest BCUT2D eigenvalue weighted by Crippen LogP contribution is -2.43. The molecule has 5 nitrogen and oxygen atoms in total. The van der Waals surface area contributed by atoms with E-state index < -0.39 is 5.97 Å². The van der Waals surface area contributed by atoms with Gasteiger partial charge in [-0.05, 0) is 13.8 Å². The monoisotopic (exact) mass is 256 g/mol. The minimum atomic E-state index is -0.816. The van der Waals surface area contributed by atoms with Gasteiger partial charge in [-0.3, -0.25) is 4.79 Å². The van der Waals surface area contributed by atoms with Gasteiger partial charge in [0.05, 0.1) is 24.8 Å². The number of nitrogens with zero attached hydrogens (tertiary/aromatic N) is 2. The van der Waals surface area contributed by atoms with Gasteiger partial charge < -0.3 is 14.7 Å². The van der Waals surface area contributed by atoms with Crippen LogP contribution in [0.4, 0.5) is 5.13 Å². The van der Waals surface area contributed by atoms with E-state index in [1.54, 1.807) is 11.3 Å². The van der Waals surface area contributed by atoms with Gasteiger partial charge in [-0.15, -0.1) is 11.3 Å². The normalized spacial score (nSPS) is 20.6. The van der Waals surface area contributed by atoms with Gasteiger partial charge in [-0.2, -0.15) is 0 Å². The van der Waals surface area contributed by atoms with Gasteiger partial charge >= 0.3 is 5.97 Å². The van der Waals surface area contributed by atoms with Crippen molar-refractivity contribution in [1.29, 1.82) is 0 Å². The Hall–Kier alpha value is -1.14. The SMILES string of the molecule is Cc1nc(N2CCOC(CC(=O)O)C2)sc1C. The molecule has 1 aromatic rings. The Balaban J connectivity index is 2.04. The highest BCUT2D eigenvalue weighted by atomic mass is 32.1. The second-order valence-electron chi connectivity index (χ2n) is 4.17. The number of anilines is 1. The summed E-state index contributed by atoms with van der Waals surface area (Å²) < 4.78 is 5.43. The van der Waals surface area contributed by atoms with E-state index in [1.165, 1.54) is 4.88 Å². The van der Waals surface area contributed by atoms with Crippen LogP contribution in [0.5, 0.6) is 0 Å². The van der Waals surface area contributed by atoms with Crippen molar-refractivity contribution < 1.29 is 14.6 Å². The Kier molecular flexibility index (Phi) is 3.63. The van der Waals surface area contributed by atoms with E-state index in [0.29, 0.717) is 13.2 Å². The average molecular weight is 256 g/mol. The van der Waals surface area contributed by atoms with Crippen LogP contribution < -0.4 is 4.90 Å². The molecule has 2 heterocycles. The molecule has 1 aromatic heterocycles. The van der Waals surface area contributed by atoms with Crippen molar-refractivity contribution in [2.24, 2.45) is 0 Å². The summed E-state index contributed by atoms with van der Waals surface area (Å²) in [4.78, 5) is 18.5. The molecule has 2 rings (SSSR count). The van der Waals surface area contributed by atoms with Crippen LogP contribution in [0.15, 0.2) is 0 Å². The first kappa shape index (κ1) is 12.3. The van der Waals surface area contributed by atoms with Crippen LogP contribution in [0.1, 0.15) is 17.0 Å². The quantitative estimate of drug-likeness (QED) is 0.886. The molecule has 1 unspecified atom stereocenters. The third kappa shape index (κ3) is 2.95. The van der Waals surface area contributed by atoms with Crippen LogP contribution in [-0.2, 0) is 9.53 Å². The molecule has 0 radical (unpaired) electrons. The van der Waals surface area contributed by atoms with E-state index in [9.17, 15) is 4.79 Å². The fourth-order valence-corrected chi connectivity index (χ4v) is 2.75. The number of aromatic nitrogens is 1. The molecule has 1 aliphatic heterocycles. The van der Waals surface area contributed by atoms with Crippen LogP contribution in [0, 0.1) is 13.8 Å². The Morgan fingerprint density at radius 3 is 3.00 bits per heavy atom. The maximum absolute atomic E-state index is 10.7. The molecule has 1 N–H and O–H groups in total. The molecule has 0 saturated carbocycles. The fraction of sp³-hybridized carbons (Fsp3) is 0.636. The van der Waals surface area contributed by atoms with Crippen LogP contribution in [0.3, 0.4) is 0 Å². The Morgan fingerprint density at radius 1 is 1.65 bits per heavy atom. The Morgan fingerprint density at radius 2 is 2.41 bits per heavy atom. The molecule has 94 valence electrons. The number of morpholine rings is 1. The van der Waals surface area contributed by atoms with E-state index in [4.69, 9.17) is 9.84 Å². The molecule has 0 aliphatic carbocycles. The largest absolute Gasteiger partial charge is 0.481 e. The number of aliphatic carboxylic acids is 1. The first-order valence-electron chi connectivity index (χ1n) is 5.58. The number of thiazole rings is 1. The second-order valence-corrected chi connectivity index (χ2v) is 5.36. The molecule has 1 atom stereocenters. The van der Waals surface area contributed by atoms with E-state index in [2.05, 4.69) is 9.88 Å². The summed E-state index contributed by atoms with van der Waals surface area (Å²) in [6, 6.07) is 0. The van der Waals surface area contributed by atoms with Crippen molar-refractivity contribution in [1.82, 2.24) is 4.98 Å². The zero-order chi connectivity index (χ0) is 12.4. The van der Waals surface area contributed by atoms with E-state index in [1.807, 2.05) is 13.8 Å². The zero-order valence-corrected chi connectivity index (χ0v) is 10.8. The number of hydrogen-bond donors (Lipinski definition) is 1. The van der Waals surface area contributed by atoms with Crippen LogP contribution >= 0.6 is 11.3 Å². The summed E-state index contributed by atoms with van der Waals surface area (Å²) in [5, 5.41) is 9.73. The lowest BCUT2D eigenvalue weighted by atomic mass is 10.2. The van der Waals surface area contributed by atoms with Gasteiger partial charge in [0.2, 0.25) is 0 Å². The molecule has 17 heavy (non-hydrogen) atoms. The second kappa shape index (κ2) is 5.01. The predicted molar refractivity (Wildman–Crippen MR) is 65.8 cm³/mol. The third-order valence-corrected chi connectivity index (χ3v) is 3.96. The van der Waals surface area contributed by atoms with Crippen LogP contribution in [-0.4, -0.2) is 41.9 Å². The van der Waals surface area contributed by atoms with Crippen molar-refractivity contribution in [3.8, 4) is 0 Å². The molecule has 1 fully saturated rings. The van der Waals surface area contributed by atoms with Gasteiger partial charge in [0.25, 0.3) is 0 Å². The minimum absolute atomic E-state index is 0.0554. The van der Waals surface area contributed by atoms with Crippen LogP contribution in [0.25, 0.3) is 0 Å². The highest BCUT2D eigenvalue weighted by Crippen LogP contribution is 2.26. The van der Waals surface area contributed by atoms with Crippen molar-refractivity contribution in [2.75, 3.05) is 24.6 Å². The lowest BCUT2D eigenvalue weighted by Gasteiger charge is -2.32. The highest BCUT2D eigenvalue weighted by molar-refractivity contribution is 7.15. The maximum Gasteiger partial charge on any atom is 0.306 e. The average Bonchev–Trinajstić information content (AvgIpc) is 2.59. The number of carboxylic acid groups (broad SMARTS) is 1. The van der Waals surface area contributed by atoms with Gasteiger partial charge in [0.1, 0.15) is 0 Å². The van der Waals surface area contributed by atoms with Gasteiger partial charge in [0.15, 0.2) is 5.13 Å². The Bertz CT molecular complexity index is 399. The summed E-state index contributed by atoms with van der Waals surface area (Å²) in [6.07, 6.45) is -0.175. The zero-order valence-electron chi connectivity index (χ0n) is 9.97. The standard InChI is InChI=1S/C11H16N2O3S/c1-7-8(2)17-11(12-7)13-3-4-16-9(6-13)5-10(14)15/h9H,3-6H2,1-2H3,(H,14,15). The lowest BCUT2D eigenvalue weighted by molar-refractivity contribution is -0.140. The molecule has 0 aromatic carbocycles. The number of rotatable bonds is 3. The summed E-state index contributed by atoms with van der Waals surface area (Å²) in [7, 11) is 0. The van der Waals surface area contributed by atoms with Crippen molar-refractivity contribution in [3.05, 3.63) is 10.6 Å². The smallest absolute Gasteiger partial charge is 0.306 e. The van der Waals surface area contributed by atoms with Gasteiger partial charge in [-0.25, -0.2) is 4.98 Å². The number of hydrogen-bond acceptors (Lipinski definition) is 5. The molecule has 0 spiro atoms. The van der Waals surface area contributed by atoms with Gasteiger partial charge in [0, 0.05) is 18.0 Å². The van der Waals surface area contributed by atoms with Crippen LogP contribution in [0.2, 0.25) is 0 Å². The topological polar surface area (TPSA) is 62.7 Å². The van der Waals surface area contributed by atoms with E-state index in [0.717, 1.165) is 17.4 Å². The predicted octanol–water partition coefficient (Wildman–Crippen LogP) is 1.44. The molecule has 1 aliphatic rings. The number of aryl methyl sites for hydroxylation is 2. The highest BCUT2D eigenvalue weighted by Gasteiger charge is 2.24. The molecule has 0 bridgehead atoms. The first-order valence-corrected chi connectivity index (χ1v) is 6.40. The summed E-state index contributed by atoms with van der Waals surface area (Å²) in [6.45, 7) is 5.99. The fourth-order valence-electron chi connectivity index (χ4n) is 1.80. The van der Waals surface area contributed by atoms with Crippen molar-refractivity contribution in [2.45, 2.75) is 26.4 Å². The van der Waals surface area contributed by atoms with E-state index >= 15 is 0 Å². The number of ether oxygens (including phenoxy) is 1.